The van der Waals surface area contributed by atoms with Crippen LogP contribution in [0.3, 0.4) is 0 Å². The van der Waals surface area contributed by atoms with Crippen molar-refractivity contribution in [1.82, 2.24) is 4.98 Å². The van der Waals surface area contributed by atoms with E-state index in [0.717, 1.165) is 15.4 Å². The fraction of sp³-hybridized carbons (Fsp3) is 0. The maximum absolute atomic E-state index is 12.5. The van der Waals surface area contributed by atoms with Crippen molar-refractivity contribution >= 4 is 48.8 Å². The number of nitrogens with zero attached hydrogens (tertiary/aromatic N) is 1. The van der Waals surface area contributed by atoms with Crippen LogP contribution in [0.4, 0.5) is 0 Å². The smallest absolute Gasteiger partial charge is 0.202 e. The van der Waals surface area contributed by atoms with Crippen LogP contribution in [0.2, 0.25) is 0 Å². The average molecular weight is 326 g/mol. The second-order valence-electron chi connectivity index (χ2n) is 4.59. The quantitative estimate of drug-likeness (QED) is 0.358. The maximum Gasteiger partial charge on any atom is 0.202 e. The Morgan fingerprint density at radius 2 is 1.85 bits per heavy atom. The van der Waals surface area contributed by atoms with E-state index in [-0.39, 0.29) is 5.43 Å². The summed E-state index contributed by atoms with van der Waals surface area (Å²) in [6, 6.07) is 13.0. The molecule has 2 heterocycles. The highest BCUT2D eigenvalue weighted by molar-refractivity contribution is 9.10. The maximum atomic E-state index is 12.5. The summed E-state index contributed by atoms with van der Waals surface area (Å²) in [6.07, 6.45) is 1.59. The molecule has 0 bridgehead atoms. The molecule has 96 valence electrons. The Morgan fingerprint density at radius 1 is 1.00 bits per heavy atom. The molecule has 4 heteroatoms. The SMILES string of the molecule is O=c1c2ccccc2oc2c1cnc1ccc(Br)cc12. The Hall–Kier alpha value is -2.20. The number of aromatic nitrogens is 1. The largest absolute Gasteiger partial charge is 0.455 e. The molecule has 0 saturated heterocycles. The second-order valence-corrected chi connectivity index (χ2v) is 5.51. The fourth-order valence-corrected chi connectivity index (χ4v) is 2.77. The van der Waals surface area contributed by atoms with E-state index in [1.165, 1.54) is 0 Å². The summed E-state index contributed by atoms with van der Waals surface area (Å²) in [6.45, 7) is 0. The summed E-state index contributed by atoms with van der Waals surface area (Å²) >= 11 is 3.44. The van der Waals surface area contributed by atoms with Gasteiger partial charge in [-0.3, -0.25) is 9.78 Å². The molecular weight excluding hydrogens is 318 g/mol. The van der Waals surface area contributed by atoms with Crippen molar-refractivity contribution < 1.29 is 4.42 Å². The summed E-state index contributed by atoms with van der Waals surface area (Å²) in [4.78, 5) is 16.8. The minimum atomic E-state index is -0.0452. The van der Waals surface area contributed by atoms with E-state index in [0.29, 0.717) is 21.9 Å². The van der Waals surface area contributed by atoms with E-state index in [4.69, 9.17) is 4.42 Å². The van der Waals surface area contributed by atoms with Crippen LogP contribution in [0.1, 0.15) is 0 Å². The second kappa shape index (κ2) is 4.15. The van der Waals surface area contributed by atoms with Gasteiger partial charge in [-0.05, 0) is 30.3 Å². The first-order chi connectivity index (χ1) is 9.74. The van der Waals surface area contributed by atoms with E-state index < -0.39 is 0 Å². The predicted molar refractivity (Wildman–Crippen MR) is 83.0 cm³/mol. The fourth-order valence-electron chi connectivity index (χ4n) is 2.41. The molecule has 0 fully saturated rings. The number of fused-ring (bicyclic) bond motifs is 4. The third-order valence-electron chi connectivity index (χ3n) is 3.37. The summed E-state index contributed by atoms with van der Waals surface area (Å²) in [5, 5.41) is 1.92. The van der Waals surface area contributed by atoms with Gasteiger partial charge in [0.25, 0.3) is 0 Å². The first kappa shape index (κ1) is 11.6. The molecular formula is C16H8BrNO2. The first-order valence-corrected chi connectivity index (χ1v) is 6.93. The zero-order chi connectivity index (χ0) is 13.7. The van der Waals surface area contributed by atoms with Gasteiger partial charge in [0.1, 0.15) is 11.2 Å². The van der Waals surface area contributed by atoms with Gasteiger partial charge in [0.05, 0.1) is 16.3 Å². The molecule has 4 aromatic rings. The molecule has 0 aliphatic carbocycles. The molecule has 0 atom stereocenters. The predicted octanol–water partition coefficient (Wildman–Crippen LogP) is 4.26. The van der Waals surface area contributed by atoms with E-state index in [1.54, 1.807) is 18.3 Å². The molecule has 0 amide bonds. The number of pyridine rings is 1. The monoisotopic (exact) mass is 325 g/mol. The van der Waals surface area contributed by atoms with Gasteiger partial charge < -0.3 is 4.42 Å². The van der Waals surface area contributed by atoms with Crippen LogP contribution < -0.4 is 5.43 Å². The molecule has 2 aromatic carbocycles. The molecule has 0 spiro atoms. The molecule has 0 aliphatic heterocycles. The summed E-state index contributed by atoms with van der Waals surface area (Å²) in [7, 11) is 0. The lowest BCUT2D eigenvalue weighted by molar-refractivity contribution is 0.663. The van der Waals surface area contributed by atoms with Crippen LogP contribution in [-0.4, -0.2) is 4.98 Å². The Kier molecular flexibility index (Phi) is 2.41. The van der Waals surface area contributed by atoms with E-state index in [2.05, 4.69) is 20.9 Å². The lowest BCUT2D eigenvalue weighted by atomic mass is 10.1. The molecule has 0 saturated carbocycles. The molecule has 0 unspecified atom stereocenters. The Bertz CT molecular complexity index is 1040. The molecule has 4 rings (SSSR count). The van der Waals surface area contributed by atoms with Gasteiger partial charge in [0.15, 0.2) is 0 Å². The van der Waals surface area contributed by atoms with Gasteiger partial charge in [-0.1, -0.05) is 28.1 Å². The number of halogens is 1. The third kappa shape index (κ3) is 1.58. The number of hydrogen-bond acceptors (Lipinski definition) is 3. The molecule has 2 aromatic heterocycles. The van der Waals surface area contributed by atoms with Crippen molar-refractivity contribution in [2.24, 2.45) is 0 Å². The Morgan fingerprint density at radius 3 is 2.75 bits per heavy atom. The van der Waals surface area contributed by atoms with Crippen LogP contribution >= 0.6 is 15.9 Å². The summed E-state index contributed by atoms with van der Waals surface area (Å²) < 4.78 is 6.86. The molecule has 0 aliphatic rings. The Labute approximate surface area is 122 Å². The lowest BCUT2D eigenvalue weighted by Crippen LogP contribution is -2.02. The van der Waals surface area contributed by atoms with Gasteiger partial charge in [0, 0.05) is 16.1 Å². The zero-order valence-corrected chi connectivity index (χ0v) is 11.8. The van der Waals surface area contributed by atoms with Crippen molar-refractivity contribution in [2.75, 3.05) is 0 Å². The highest BCUT2D eigenvalue weighted by Gasteiger charge is 2.11. The van der Waals surface area contributed by atoms with E-state index >= 15 is 0 Å². The molecule has 3 nitrogen and oxygen atoms in total. The van der Waals surface area contributed by atoms with Crippen molar-refractivity contribution in [3.8, 4) is 0 Å². The normalized spacial score (nSPS) is 11.4. The van der Waals surface area contributed by atoms with Crippen LogP contribution in [0.25, 0.3) is 32.8 Å². The minimum absolute atomic E-state index is 0.0452. The highest BCUT2D eigenvalue weighted by atomic mass is 79.9. The number of para-hydroxylation sites is 1. The standard InChI is InChI=1S/C16H8BrNO2/c17-9-5-6-13-11(7-9)16-12(8-18-13)15(19)10-3-1-2-4-14(10)20-16/h1-8H. The van der Waals surface area contributed by atoms with Gasteiger partial charge >= 0.3 is 0 Å². The van der Waals surface area contributed by atoms with Crippen molar-refractivity contribution in [1.29, 1.82) is 0 Å². The van der Waals surface area contributed by atoms with Gasteiger partial charge in [-0.25, -0.2) is 0 Å². The van der Waals surface area contributed by atoms with Crippen molar-refractivity contribution in [2.45, 2.75) is 0 Å². The van der Waals surface area contributed by atoms with Crippen molar-refractivity contribution in [3.63, 3.8) is 0 Å². The lowest BCUT2D eigenvalue weighted by Gasteiger charge is -2.04. The van der Waals surface area contributed by atoms with Gasteiger partial charge in [0.2, 0.25) is 5.43 Å². The topological polar surface area (TPSA) is 43.1 Å². The van der Waals surface area contributed by atoms with E-state index in [9.17, 15) is 4.79 Å². The number of rotatable bonds is 0. The number of hydrogen-bond donors (Lipinski definition) is 0. The van der Waals surface area contributed by atoms with Gasteiger partial charge in [-0.2, -0.15) is 0 Å². The van der Waals surface area contributed by atoms with Gasteiger partial charge in [-0.15, -0.1) is 0 Å². The number of benzene rings is 2. The minimum Gasteiger partial charge on any atom is -0.455 e. The van der Waals surface area contributed by atoms with E-state index in [1.807, 2.05) is 30.3 Å². The highest BCUT2D eigenvalue weighted by Crippen LogP contribution is 2.27. The summed E-state index contributed by atoms with van der Waals surface area (Å²) in [5.41, 5.74) is 1.94. The zero-order valence-electron chi connectivity index (χ0n) is 10.3. The molecule has 0 N–H and O–H groups in total. The van der Waals surface area contributed by atoms with Crippen LogP contribution in [0.15, 0.2) is 62.3 Å². The Balaban J connectivity index is 2.33. The average Bonchev–Trinajstić information content (AvgIpc) is 2.47. The van der Waals surface area contributed by atoms with Crippen LogP contribution in [0, 0.1) is 0 Å². The third-order valence-corrected chi connectivity index (χ3v) is 3.86. The molecule has 20 heavy (non-hydrogen) atoms. The van der Waals surface area contributed by atoms with Crippen molar-refractivity contribution in [3.05, 3.63) is 63.4 Å². The first-order valence-electron chi connectivity index (χ1n) is 6.14. The van der Waals surface area contributed by atoms with Crippen LogP contribution in [0.5, 0.6) is 0 Å². The van der Waals surface area contributed by atoms with Crippen LogP contribution in [-0.2, 0) is 0 Å². The molecule has 0 radical (unpaired) electrons. The summed E-state index contributed by atoms with van der Waals surface area (Å²) in [5.74, 6) is 0.